The number of esters is 2. The largest absolute Gasteiger partial charge is 0.472 e. The molecule has 0 amide bonds. The molecule has 1 aliphatic carbocycles. The molecule has 1 rings (SSSR count). The molecular weight excluding hydrogens is 898 g/mol. The van der Waals surface area contributed by atoms with Gasteiger partial charge in [-0.1, -0.05) is 131 Å². The van der Waals surface area contributed by atoms with Gasteiger partial charge in [-0.05, 0) is 77.0 Å². The van der Waals surface area contributed by atoms with Crippen molar-refractivity contribution in [1.82, 2.24) is 0 Å². The Balaban J connectivity index is 2.71. The molecule has 0 radical (unpaired) electrons. The van der Waals surface area contributed by atoms with Crippen molar-refractivity contribution in [2.24, 2.45) is 0 Å². The molecule has 66 heavy (non-hydrogen) atoms. The number of carbonyl (C=O) groups excluding carboxylic acids is 2. The quantitative estimate of drug-likeness (QED) is 0.00979. The summed E-state index contributed by atoms with van der Waals surface area (Å²) >= 11 is 0. The molecule has 6 unspecified atom stereocenters. The number of phosphoric acid groups is 2. The van der Waals surface area contributed by atoms with Gasteiger partial charge in [-0.2, -0.15) is 0 Å². The summed E-state index contributed by atoms with van der Waals surface area (Å²) in [5.74, 6) is -1.43. The molecule has 0 heterocycles. The van der Waals surface area contributed by atoms with Crippen molar-refractivity contribution in [3.63, 3.8) is 0 Å². The summed E-state index contributed by atoms with van der Waals surface area (Å²) in [4.78, 5) is 54.3. The van der Waals surface area contributed by atoms with E-state index in [0.29, 0.717) is 6.42 Å². The van der Waals surface area contributed by atoms with Crippen molar-refractivity contribution in [3.8, 4) is 0 Å². The van der Waals surface area contributed by atoms with Crippen LogP contribution in [-0.4, -0.2) is 114 Å². The average Bonchev–Trinajstić information content (AvgIpc) is 3.26. The molecule has 0 aromatic heterocycles. The van der Waals surface area contributed by atoms with Crippen LogP contribution in [0, 0.1) is 0 Å². The van der Waals surface area contributed by atoms with Crippen molar-refractivity contribution >= 4 is 27.6 Å². The van der Waals surface area contributed by atoms with Gasteiger partial charge in [0.1, 0.15) is 43.2 Å². The lowest BCUT2D eigenvalue weighted by Crippen LogP contribution is -2.64. The summed E-state index contributed by atoms with van der Waals surface area (Å²) in [5.41, 5.74) is 0. The first-order chi connectivity index (χ1) is 31.5. The number of phosphoric ester groups is 2. The zero-order valence-electron chi connectivity index (χ0n) is 38.7. The Morgan fingerprint density at radius 2 is 1.11 bits per heavy atom. The average molecular weight is 977 g/mol. The summed E-state index contributed by atoms with van der Waals surface area (Å²) in [6.07, 6.45) is 27.0. The van der Waals surface area contributed by atoms with Crippen LogP contribution in [-0.2, 0) is 41.8 Å². The molecule has 8 N–H and O–H groups in total. The fourth-order valence-electron chi connectivity index (χ4n) is 6.44. The van der Waals surface area contributed by atoms with Crippen LogP contribution in [0.5, 0.6) is 0 Å². The van der Waals surface area contributed by atoms with Gasteiger partial charge in [0.2, 0.25) is 0 Å². The van der Waals surface area contributed by atoms with Crippen LogP contribution in [0.15, 0.2) is 85.1 Å². The number of aliphatic hydroxyl groups excluding tert-OH is 5. The molecule has 19 heteroatoms. The number of hydrogen-bond donors (Lipinski definition) is 8. The zero-order chi connectivity index (χ0) is 49.1. The van der Waals surface area contributed by atoms with Crippen molar-refractivity contribution in [3.05, 3.63) is 85.1 Å². The summed E-state index contributed by atoms with van der Waals surface area (Å²) < 4.78 is 49.2. The molecule has 0 aromatic rings. The van der Waals surface area contributed by atoms with Crippen LogP contribution in [0.25, 0.3) is 0 Å². The van der Waals surface area contributed by atoms with Crippen molar-refractivity contribution in [2.75, 3.05) is 13.2 Å². The highest BCUT2D eigenvalue weighted by Gasteiger charge is 2.54. The first-order valence-corrected chi connectivity index (χ1v) is 26.3. The maximum absolute atomic E-state index is 13.0. The lowest BCUT2D eigenvalue weighted by molar-refractivity contribution is -0.216. The summed E-state index contributed by atoms with van der Waals surface area (Å²) in [5, 5.41) is 51.6. The molecule has 378 valence electrons. The van der Waals surface area contributed by atoms with E-state index in [4.69, 9.17) is 28.3 Å². The number of allylic oxidation sites excluding steroid dienone is 13. The predicted molar refractivity (Wildman–Crippen MR) is 251 cm³/mol. The monoisotopic (exact) mass is 976 g/mol. The lowest BCUT2D eigenvalue weighted by atomic mass is 9.85. The van der Waals surface area contributed by atoms with Crippen molar-refractivity contribution in [2.45, 2.75) is 185 Å². The Morgan fingerprint density at radius 3 is 1.71 bits per heavy atom. The van der Waals surface area contributed by atoms with Crippen LogP contribution in [0.1, 0.15) is 136 Å². The van der Waals surface area contributed by atoms with Gasteiger partial charge in [0, 0.05) is 12.8 Å². The fraction of sp³-hybridized carbons (Fsp3) is 0.660. The molecule has 1 aliphatic rings. The minimum Gasteiger partial charge on any atom is -0.462 e. The van der Waals surface area contributed by atoms with E-state index in [9.17, 15) is 49.1 Å². The van der Waals surface area contributed by atoms with Gasteiger partial charge in [-0.25, -0.2) is 9.13 Å². The molecule has 0 bridgehead atoms. The number of rotatable bonds is 37. The Hall–Kier alpha value is -2.86. The first kappa shape index (κ1) is 61.2. The van der Waals surface area contributed by atoms with Crippen LogP contribution < -0.4 is 0 Å². The molecule has 1 saturated carbocycles. The third-order valence-electron chi connectivity index (χ3n) is 10.1. The number of unbranched alkanes of at least 4 members (excludes halogenated alkanes) is 8. The minimum absolute atomic E-state index is 0.0590. The highest BCUT2D eigenvalue weighted by atomic mass is 31.2. The molecular formula is C47H78O17P2. The Morgan fingerprint density at radius 1 is 0.576 bits per heavy atom. The Bertz CT molecular complexity index is 1620. The van der Waals surface area contributed by atoms with E-state index in [1.807, 2.05) is 12.2 Å². The first-order valence-electron chi connectivity index (χ1n) is 23.2. The minimum atomic E-state index is -5.39. The number of carbonyl (C=O) groups is 2. The summed E-state index contributed by atoms with van der Waals surface area (Å²) in [6.45, 7) is 2.77. The second kappa shape index (κ2) is 37.1. The third-order valence-corrected chi connectivity index (χ3v) is 11.6. The van der Waals surface area contributed by atoms with Crippen LogP contribution >= 0.6 is 15.6 Å². The predicted octanol–water partition coefficient (Wildman–Crippen LogP) is 7.58. The normalized spacial score (nSPS) is 22.8. The Kier molecular flexibility index (Phi) is 34.4. The number of hydrogen-bond acceptors (Lipinski definition) is 14. The van der Waals surface area contributed by atoms with Gasteiger partial charge >= 0.3 is 27.6 Å². The molecule has 17 nitrogen and oxygen atoms in total. The Labute approximate surface area is 391 Å². The molecule has 9 atom stereocenters. The van der Waals surface area contributed by atoms with E-state index in [1.54, 1.807) is 18.2 Å². The van der Waals surface area contributed by atoms with E-state index < -0.39 is 89.6 Å². The third kappa shape index (κ3) is 31.2. The van der Waals surface area contributed by atoms with Crippen LogP contribution in [0.2, 0.25) is 0 Å². The maximum Gasteiger partial charge on any atom is 0.472 e. The molecule has 1 fully saturated rings. The van der Waals surface area contributed by atoms with E-state index in [0.717, 1.165) is 70.6 Å². The summed E-state index contributed by atoms with van der Waals surface area (Å²) in [6, 6.07) is 0. The highest BCUT2D eigenvalue weighted by Crippen LogP contribution is 2.49. The van der Waals surface area contributed by atoms with Gasteiger partial charge < -0.3 is 49.7 Å². The van der Waals surface area contributed by atoms with E-state index in [1.165, 1.54) is 19.3 Å². The zero-order valence-corrected chi connectivity index (χ0v) is 40.5. The second-order valence-corrected chi connectivity index (χ2v) is 18.5. The van der Waals surface area contributed by atoms with Crippen molar-refractivity contribution in [1.29, 1.82) is 0 Å². The molecule has 0 aromatic carbocycles. The van der Waals surface area contributed by atoms with Gasteiger partial charge in [-0.15, -0.1) is 0 Å². The maximum atomic E-state index is 13.0. The lowest BCUT2D eigenvalue weighted by Gasteiger charge is -2.43. The van der Waals surface area contributed by atoms with Gasteiger partial charge in [0.25, 0.3) is 0 Å². The fourth-order valence-corrected chi connectivity index (χ4v) is 7.97. The van der Waals surface area contributed by atoms with Crippen molar-refractivity contribution < 1.29 is 82.0 Å². The van der Waals surface area contributed by atoms with Gasteiger partial charge in [-0.3, -0.25) is 23.2 Å². The van der Waals surface area contributed by atoms with E-state index >= 15 is 0 Å². The van der Waals surface area contributed by atoms with Gasteiger partial charge in [0.05, 0.1) is 12.7 Å². The molecule has 0 saturated heterocycles. The van der Waals surface area contributed by atoms with E-state index in [2.05, 4.69) is 73.1 Å². The van der Waals surface area contributed by atoms with E-state index in [-0.39, 0.29) is 25.7 Å². The smallest absolute Gasteiger partial charge is 0.462 e. The van der Waals surface area contributed by atoms with Gasteiger partial charge in [0.15, 0.2) is 6.10 Å². The molecule has 0 spiro atoms. The van der Waals surface area contributed by atoms with Crippen LogP contribution in [0.3, 0.4) is 0 Å². The number of ether oxygens (including phenoxy) is 2. The SMILES string of the molecule is CC/C=C\C/C=C\C/C=C\C/C=C\C=C\C(O)CCCC(=O)O[C@H](COC(=O)CCCCCCC/C=C\C/C=C\CCCCC)COP(=O)(O)O[C@H]1C(O)C(O)C(O)[C@@H](OP(=O)(O)O)C1O. The second-order valence-electron chi connectivity index (χ2n) is 15.9. The molecule has 0 aliphatic heterocycles. The highest BCUT2D eigenvalue weighted by molar-refractivity contribution is 7.47. The standard InChI is InChI=1S/C47H78O17P2/c1-3-5-7-9-11-13-15-17-18-20-22-24-26-28-30-34-40(49)60-36-39(37-61-66(58,59)64-47-44(53)42(51)43(52)46(45(47)54)63-65(55,56)57)62-41(50)35-31-33-38(48)32-29-27-25-23-21-19-16-14-12-10-8-6-4-2/h6,8,11-14,17-19,21,25,27,29,32,38-39,42-48,51-54H,3-5,7,9-10,15-16,20,22-24,26,28,30-31,33-37H2,1-2H3,(H,58,59)(H2,55,56,57)/b8-6-,13-11-,14-12-,18-17-,21-19-,27-25-,32-29+/t38?,39-,42?,43?,44?,45?,46-,47+/m1/s1. The topological polar surface area (TPSA) is 276 Å². The van der Waals surface area contributed by atoms with Crippen LogP contribution in [0.4, 0.5) is 0 Å². The number of aliphatic hydroxyl groups is 5. The summed E-state index contributed by atoms with van der Waals surface area (Å²) in [7, 11) is -10.8.